The van der Waals surface area contributed by atoms with Gasteiger partial charge in [-0.2, -0.15) is 0 Å². The van der Waals surface area contributed by atoms with Gasteiger partial charge in [0.25, 0.3) is 0 Å². The Balaban J connectivity index is 2.18. The summed E-state index contributed by atoms with van der Waals surface area (Å²) in [5, 5.41) is 9.82. The Morgan fingerprint density at radius 2 is 2.06 bits per heavy atom. The first-order valence-corrected chi connectivity index (χ1v) is 5.81. The summed E-state index contributed by atoms with van der Waals surface area (Å²) in [6.45, 7) is 3.58. The molecule has 1 aliphatic heterocycles. The van der Waals surface area contributed by atoms with Gasteiger partial charge in [0.1, 0.15) is 5.75 Å². The molecule has 0 bridgehead atoms. The molecule has 1 aromatic carbocycles. The fourth-order valence-corrected chi connectivity index (χ4v) is 2.27. The number of phenols is 1. The van der Waals surface area contributed by atoms with Gasteiger partial charge in [0, 0.05) is 24.8 Å². The normalized spacial score (nSPS) is 19.6. The fraction of sp³-hybridized carbons (Fsp3) is 0.538. The van der Waals surface area contributed by atoms with Gasteiger partial charge in [-0.1, -0.05) is 17.7 Å². The summed E-state index contributed by atoms with van der Waals surface area (Å²) in [4.78, 5) is 0. The van der Waals surface area contributed by atoms with E-state index in [1.54, 1.807) is 6.07 Å². The van der Waals surface area contributed by atoms with Gasteiger partial charge in [-0.05, 0) is 31.7 Å². The standard InChI is InChI=1S/C13H19NO2/c1-9-2-3-12(15)11(8-9)13(14)10-4-6-16-7-5-10/h2-3,8,10,13,15H,4-7,14H2,1H3/t13-/m0/s1. The predicted octanol–water partition coefficient (Wildman–Crippen LogP) is 2.13. The van der Waals surface area contributed by atoms with E-state index in [0.717, 1.165) is 37.2 Å². The smallest absolute Gasteiger partial charge is 0.120 e. The van der Waals surface area contributed by atoms with E-state index in [9.17, 15) is 5.11 Å². The lowest BCUT2D eigenvalue weighted by Crippen LogP contribution is -2.27. The molecule has 0 amide bonds. The zero-order valence-corrected chi connectivity index (χ0v) is 9.65. The van der Waals surface area contributed by atoms with Crippen molar-refractivity contribution < 1.29 is 9.84 Å². The summed E-state index contributed by atoms with van der Waals surface area (Å²) in [7, 11) is 0. The second-order valence-corrected chi connectivity index (χ2v) is 4.54. The van der Waals surface area contributed by atoms with E-state index in [-0.39, 0.29) is 6.04 Å². The number of aryl methyl sites for hydroxylation is 1. The van der Waals surface area contributed by atoms with Crippen molar-refractivity contribution in [1.29, 1.82) is 0 Å². The van der Waals surface area contributed by atoms with E-state index in [2.05, 4.69) is 0 Å². The summed E-state index contributed by atoms with van der Waals surface area (Å²) in [6.07, 6.45) is 1.96. The van der Waals surface area contributed by atoms with Crippen LogP contribution in [0.4, 0.5) is 0 Å². The van der Waals surface area contributed by atoms with Gasteiger partial charge >= 0.3 is 0 Å². The van der Waals surface area contributed by atoms with E-state index in [1.165, 1.54) is 0 Å². The molecule has 3 N–H and O–H groups in total. The van der Waals surface area contributed by atoms with Crippen molar-refractivity contribution >= 4 is 0 Å². The van der Waals surface area contributed by atoms with Crippen LogP contribution in [-0.4, -0.2) is 18.3 Å². The molecule has 0 unspecified atom stereocenters. The van der Waals surface area contributed by atoms with Crippen molar-refractivity contribution in [2.45, 2.75) is 25.8 Å². The highest BCUT2D eigenvalue weighted by atomic mass is 16.5. The summed E-state index contributed by atoms with van der Waals surface area (Å²) in [5.74, 6) is 0.728. The maximum absolute atomic E-state index is 9.82. The first kappa shape index (κ1) is 11.4. The third-order valence-corrected chi connectivity index (χ3v) is 3.32. The van der Waals surface area contributed by atoms with Crippen LogP contribution in [0.25, 0.3) is 0 Å². The fourth-order valence-electron chi connectivity index (χ4n) is 2.27. The molecule has 0 aliphatic carbocycles. The Kier molecular flexibility index (Phi) is 3.46. The first-order valence-electron chi connectivity index (χ1n) is 5.81. The van der Waals surface area contributed by atoms with Crippen molar-refractivity contribution in [3.8, 4) is 5.75 Å². The van der Waals surface area contributed by atoms with Crippen molar-refractivity contribution in [3.63, 3.8) is 0 Å². The zero-order chi connectivity index (χ0) is 11.5. The second kappa shape index (κ2) is 4.85. The van der Waals surface area contributed by atoms with Gasteiger partial charge in [0.2, 0.25) is 0 Å². The van der Waals surface area contributed by atoms with E-state index in [1.807, 2.05) is 19.1 Å². The molecule has 1 atom stereocenters. The highest BCUT2D eigenvalue weighted by molar-refractivity contribution is 5.38. The number of benzene rings is 1. The molecule has 3 heteroatoms. The van der Waals surface area contributed by atoms with Crippen molar-refractivity contribution in [2.24, 2.45) is 11.7 Å². The average molecular weight is 221 g/mol. The average Bonchev–Trinajstić information content (AvgIpc) is 2.32. The van der Waals surface area contributed by atoms with Crippen molar-refractivity contribution in [2.75, 3.05) is 13.2 Å². The van der Waals surface area contributed by atoms with E-state index < -0.39 is 0 Å². The predicted molar refractivity (Wildman–Crippen MR) is 63.3 cm³/mol. The van der Waals surface area contributed by atoms with Crippen LogP contribution in [0.1, 0.15) is 30.0 Å². The lowest BCUT2D eigenvalue weighted by Gasteiger charge is -2.28. The minimum Gasteiger partial charge on any atom is -0.508 e. The van der Waals surface area contributed by atoms with Crippen LogP contribution in [0.2, 0.25) is 0 Å². The highest BCUT2D eigenvalue weighted by Crippen LogP contribution is 2.33. The molecule has 1 heterocycles. The van der Waals surface area contributed by atoms with Gasteiger partial charge < -0.3 is 15.6 Å². The molecule has 16 heavy (non-hydrogen) atoms. The zero-order valence-electron chi connectivity index (χ0n) is 9.65. The van der Waals surface area contributed by atoms with Crippen molar-refractivity contribution in [3.05, 3.63) is 29.3 Å². The van der Waals surface area contributed by atoms with Crippen LogP contribution in [0.15, 0.2) is 18.2 Å². The van der Waals surface area contributed by atoms with E-state index in [0.29, 0.717) is 11.7 Å². The third kappa shape index (κ3) is 2.36. The molecular formula is C13H19NO2. The molecular weight excluding hydrogens is 202 g/mol. The van der Waals surface area contributed by atoms with Gasteiger partial charge in [0.05, 0.1) is 0 Å². The number of aromatic hydroxyl groups is 1. The molecule has 2 rings (SSSR count). The molecule has 1 fully saturated rings. The SMILES string of the molecule is Cc1ccc(O)c([C@@H](N)C2CCOCC2)c1. The summed E-state index contributed by atoms with van der Waals surface area (Å²) >= 11 is 0. The molecule has 1 aliphatic rings. The number of ether oxygens (including phenoxy) is 1. The summed E-state index contributed by atoms with van der Waals surface area (Å²) < 4.78 is 5.32. The number of hydrogen-bond donors (Lipinski definition) is 2. The van der Waals surface area contributed by atoms with Gasteiger partial charge in [-0.3, -0.25) is 0 Å². The quantitative estimate of drug-likeness (QED) is 0.804. The minimum atomic E-state index is -0.0798. The lowest BCUT2D eigenvalue weighted by atomic mass is 9.87. The van der Waals surface area contributed by atoms with Gasteiger partial charge in [0.15, 0.2) is 0 Å². The Morgan fingerprint density at radius 1 is 1.38 bits per heavy atom. The van der Waals surface area contributed by atoms with Crippen molar-refractivity contribution in [1.82, 2.24) is 0 Å². The Morgan fingerprint density at radius 3 is 2.75 bits per heavy atom. The molecule has 88 valence electrons. The maximum Gasteiger partial charge on any atom is 0.120 e. The number of phenolic OH excluding ortho intramolecular Hbond substituents is 1. The lowest BCUT2D eigenvalue weighted by molar-refractivity contribution is 0.0581. The largest absolute Gasteiger partial charge is 0.508 e. The summed E-state index contributed by atoms with van der Waals surface area (Å²) in [6, 6.07) is 5.53. The molecule has 0 aromatic heterocycles. The van der Waals surface area contributed by atoms with Crippen LogP contribution < -0.4 is 5.73 Å². The van der Waals surface area contributed by atoms with Crippen LogP contribution in [0.5, 0.6) is 5.75 Å². The van der Waals surface area contributed by atoms with Crippen LogP contribution in [0.3, 0.4) is 0 Å². The summed E-state index contributed by atoms with van der Waals surface area (Å²) in [5.41, 5.74) is 8.23. The second-order valence-electron chi connectivity index (χ2n) is 4.54. The van der Waals surface area contributed by atoms with Crippen LogP contribution >= 0.6 is 0 Å². The number of rotatable bonds is 2. The molecule has 1 saturated heterocycles. The third-order valence-electron chi connectivity index (χ3n) is 3.32. The Labute approximate surface area is 96.2 Å². The monoisotopic (exact) mass is 221 g/mol. The molecule has 3 nitrogen and oxygen atoms in total. The molecule has 0 saturated carbocycles. The Hall–Kier alpha value is -1.06. The highest BCUT2D eigenvalue weighted by Gasteiger charge is 2.24. The number of hydrogen-bond acceptors (Lipinski definition) is 3. The van der Waals surface area contributed by atoms with E-state index in [4.69, 9.17) is 10.5 Å². The number of nitrogens with two attached hydrogens (primary N) is 1. The maximum atomic E-state index is 9.82. The topological polar surface area (TPSA) is 55.5 Å². The van der Waals surface area contributed by atoms with Crippen LogP contribution in [-0.2, 0) is 4.74 Å². The first-order chi connectivity index (χ1) is 7.68. The minimum absolute atomic E-state index is 0.0798. The molecule has 0 radical (unpaired) electrons. The van der Waals surface area contributed by atoms with Gasteiger partial charge in [-0.15, -0.1) is 0 Å². The molecule has 0 spiro atoms. The van der Waals surface area contributed by atoms with E-state index >= 15 is 0 Å². The molecule has 1 aromatic rings. The van der Waals surface area contributed by atoms with Gasteiger partial charge in [-0.25, -0.2) is 0 Å². The Bertz CT molecular complexity index is 359. The van der Waals surface area contributed by atoms with Crippen LogP contribution in [0, 0.1) is 12.8 Å².